The molecule has 0 saturated heterocycles. The van der Waals surface area contributed by atoms with Gasteiger partial charge in [0.25, 0.3) is 5.91 Å². The Morgan fingerprint density at radius 1 is 1.22 bits per heavy atom. The van der Waals surface area contributed by atoms with Gasteiger partial charge in [0.2, 0.25) is 11.1 Å². The molecule has 2 rings (SSSR count). The lowest BCUT2D eigenvalue weighted by atomic mass is 10.1. The summed E-state index contributed by atoms with van der Waals surface area (Å²) < 4.78 is 1.69. The van der Waals surface area contributed by atoms with E-state index >= 15 is 0 Å². The van der Waals surface area contributed by atoms with Crippen LogP contribution in [0.3, 0.4) is 0 Å². The van der Waals surface area contributed by atoms with Crippen molar-refractivity contribution in [2.75, 3.05) is 24.2 Å². The maximum Gasteiger partial charge on any atom is 0.253 e. The Kier molecular flexibility index (Phi) is 6.95. The van der Waals surface area contributed by atoms with Gasteiger partial charge >= 0.3 is 0 Å². The second-order valence-corrected chi connectivity index (χ2v) is 7.88. The van der Waals surface area contributed by atoms with E-state index in [0.29, 0.717) is 29.5 Å². The molecule has 1 N–H and O–H groups in total. The van der Waals surface area contributed by atoms with Crippen LogP contribution in [0, 0.1) is 0 Å². The molecule has 0 aliphatic carbocycles. The van der Waals surface area contributed by atoms with E-state index in [-0.39, 0.29) is 23.1 Å². The predicted octanol–water partition coefficient (Wildman–Crippen LogP) is 2.64. The van der Waals surface area contributed by atoms with Crippen molar-refractivity contribution < 1.29 is 9.59 Å². The topological polar surface area (TPSA) is 93.0 Å². The molecule has 9 heteroatoms. The first-order chi connectivity index (χ1) is 12.8. The van der Waals surface area contributed by atoms with Crippen LogP contribution in [0.2, 0.25) is 0 Å². The molecular formula is C18H26N6O2S. The lowest BCUT2D eigenvalue weighted by Crippen LogP contribution is -2.30. The summed E-state index contributed by atoms with van der Waals surface area (Å²) in [6, 6.07) is 6.98. The Balaban J connectivity index is 2.00. The lowest BCUT2D eigenvalue weighted by molar-refractivity contribution is -0.113. The molecule has 0 spiro atoms. The highest BCUT2D eigenvalue weighted by molar-refractivity contribution is 7.99. The standard InChI is InChI=1S/C18H26N6O2S/c1-6-23(7-2)16(26)13-9-8-10-14(11-13)19-15(25)12-27-17-20-21-22-24(17)18(3,4)5/h8-11H,6-7,12H2,1-5H3,(H,19,25). The molecule has 2 amide bonds. The first kappa shape index (κ1) is 20.9. The van der Waals surface area contributed by atoms with Crippen molar-refractivity contribution in [2.45, 2.75) is 45.3 Å². The second kappa shape index (κ2) is 8.98. The summed E-state index contributed by atoms with van der Waals surface area (Å²) in [5.41, 5.74) is 0.886. The average molecular weight is 391 g/mol. The summed E-state index contributed by atoms with van der Waals surface area (Å²) in [7, 11) is 0. The Labute approximate surface area is 163 Å². The zero-order valence-electron chi connectivity index (χ0n) is 16.4. The Morgan fingerprint density at radius 2 is 1.93 bits per heavy atom. The summed E-state index contributed by atoms with van der Waals surface area (Å²) in [6.07, 6.45) is 0. The maximum absolute atomic E-state index is 12.4. The highest BCUT2D eigenvalue weighted by atomic mass is 32.2. The van der Waals surface area contributed by atoms with Crippen molar-refractivity contribution in [3.05, 3.63) is 29.8 Å². The molecule has 27 heavy (non-hydrogen) atoms. The molecule has 8 nitrogen and oxygen atoms in total. The van der Waals surface area contributed by atoms with Gasteiger partial charge in [-0.3, -0.25) is 9.59 Å². The van der Waals surface area contributed by atoms with Crippen LogP contribution in [-0.2, 0) is 10.3 Å². The predicted molar refractivity (Wildman–Crippen MR) is 106 cm³/mol. The first-order valence-corrected chi connectivity index (χ1v) is 9.85. The minimum absolute atomic E-state index is 0.0465. The smallest absolute Gasteiger partial charge is 0.253 e. The fourth-order valence-electron chi connectivity index (χ4n) is 2.44. The van der Waals surface area contributed by atoms with Crippen molar-refractivity contribution in [3.63, 3.8) is 0 Å². The Hall–Kier alpha value is -2.42. The van der Waals surface area contributed by atoms with Crippen molar-refractivity contribution in [2.24, 2.45) is 0 Å². The van der Waals surface area contributed by atoms with E-state index in [2.05, 4.69) is 20.8 Å². The molecular weight excluding hydrogens is 364 g/mol. The number of thioether (sulfide) groups is 1. The summed E-state index contributed by atoms with van der Waals surface area (Å²) >= 11 is 1.27. The zero-order valence-corrected chi connectivity index (χ0v) is 17.2. The third-order valence-electron chi connectivity index (χ3n) is 3.85. The minimum Gasteiger partial charge on any atom is -0.339 e. The molecule has 2 aromatic rings. The van der Waals surface area contributed by atoms with Crippen LogP contribution in [0.15, 0.2) is 29.4 Å². The van der Waals surface area contributed by atoms with Crippen LogP contribution in [0.5, 0.6) is 0 Å². The molecule has 0 fully saturated rings. The fourth-order valence-corrected chi connectivity index (χ4v) is 3.30. The summed E-state index contributed by atoms with van der Waals surface area (Å²) in [4.78, 5) is 26.5. The van der Waals surface area contributed by atoms with Crippen molar-refractivity contribution in [1.82, 2.24) is 25.1 Å². The van der Waals surface area contributed by atoms with E-state index in [1.165, 1.54) is 11.8 Å². The monoisotopic (exact) mass is 390 g/mol. The van der Waals surface area contributed by atoms with Gasteiger partial charge in [0.15, 0.2) is 0 Å². The summed E-state index contributed by atoms with van der Waals surface area (Å²) in [5.74, 6) is -0.0595. The normalized spacial score (nSPS) is 11.3. The number of nitrogens with one attached hydrogen (secondary N) is 1. The molecule has 0 bridgehead atoms. The molecule has 1 aromatic heterocycles. The number of carbonyl (C=O) groups is 2. The quantitative estimate of drug-likeness (QED) is 0.731. The largest absolute Gasteiger partial charge is 0.339 e. The van der Waals surface area contributed by atoms with Gasteiger partial charge < -0.3 is 10.2 Å². The van der Waals surface area contributed by atoms with Crippen LogP contribution in [0.25, 0.3) is 0 Å². The molecule has 0 unspecified atom stereocenters. The number of hydrogen-bond acceptors (Lipinski definition) is 6. The molecule has 146 valence electrons. The third kappa shape index (κ3) is 5.53. The number of benzene rings is 1. The van der Waals surface area contributed by atoms with Gasteiger partial charge in [-0.15, -0.1) is 5.10 Å². The maximum atomic E-state index is 12.4. The van der Waals surface area contributed by atoms with Gasteiger partial charge in [-0.25, -0.2) is 4.68 Å². The van der Waals surface area contributed by atoms with Gasteiger partial charge in [0, 0.05) is 24.3 Å². The SMILES string of the molecule is CCN(CC)C(=O)c1cccc(NC(=O)CSc2nnnn2C(C)(C)C)c1. The van der Waals surface area contributed by atoms with E-state index in [0.717, 1.165) is 0 Å². The second-order valence-electron chi connectivity index (χ2n) is 6.94. The number of tetrazole rings is 1. The lowest BCUT2D eigenvalue weighted by Gasteiger charge is -2.19. The molecule has 0 aliphatic rings. The number of rotatable bonds is 7. The van der Waals surface area contributed by atoms with Crippen LogP contribution < -0.4 is 5.32 Å². The van der Waals surface area contributed by atoms with Crippen LogP contribution in [0.4, 0.5) is 5.69 Å². The van der Waals surface area contributed by atoms with E-state index in [4.69, 9.17) is 0 Å². The van der Waals surface area contributed by atoms with E-state index in [1.54, 1.807) is 33.8 Å². The Bertz CT molecular complexity index is 795. The van der Waals surface area contributed by atoms with E-state index in [9.17, 15) is 9.59 Å². The number of carbonyl (C=O) groups excluding carboxylic acids is 2. The molecule has 1 aromatic carbocycles. The van der Waals surface area contributed by atoms with E-state index < -0.39 is 0 Å². The van der Waals surface area contributed by atoms with Gasteiger partial charge in [-0.2, -0.15) is 0 Å². The molecule has 0 atom stereocenters. The van der Waals surface area contributed by atoms with E-state index in [1.807, 2.05) is 34.6 Å². The highest BCUT2D eigenvalue weighted by Gasteiger charge is 2.20. The average Bonchev–Trinajstić information content (AvgIpc) is 3.10. The number of amides is 2. The minimum atomic E-state index is -0.262. The van der Waals surface area contributed by atoms with Crippen LogP contribution in [0.1, 0.15) is 45.0 Å². The van der Waals surface area contributed by atoms with Crippen molar-refractivity contribution in [3.8, 4) is 0 Å². The summed E-state index contributed by atoms with van der Waals surface area (Å²) in [5, 5.41) is 15.0. The van der Waals surface area contributed by atoms with Crippen molar-refractivity contribution in [1.29, 1.82) is 0 Å². The van der Waals surface area contributed by atoms with Crippen LogP contribution >= 0.6 is 11.8 Å². The van der Waals surface area contributed by atoms with Crippen LogP contribution in [-0.4, -0.2) is 55.8 Å². The van der Waals surface area contributed by atoms with Crippen molar-refractivity contribution >= 4 is 29.3 Å². The zero-order chi connectivity index (χ0) is 20.0. The van der Waals surface area contributed by atoms with Gasteiger partial charge in [-0.05, 0) is 63.2 Å². The third-order valence-corrected chi connectivity index (χ3v) is 4.77. The summed E-state index contributed by atoms with van der Waals surface area (Å²) in [6.45, 7) is 11.1. The number of hydrogen-bond donors (Lipinski definition) is 1. The number of nitrogens with zero attached hydrogens (tertiary/aromatic N) is 5. The molecule has 0 aliphatic heterocycles. The van der Waals surface area contributed by atoms with Gasteiger partial charge in [0.1, 0.15) is 0 Å². The Morgan fingerprint density at radius 3 is 2.56 bits per heavy atom. The highest BCUT2D eigenvalue weighted by Crippen LogP contribution is 2.21. The van der Waals surface area contributed by atoms with Gasteiger partial charge in [0.05, 0.1) is 11.3 Å². The number of aromatic nitrogens is 4. The molecule has 0 radical (unpaired) electrons. The van der Waals surface area contributed by atoms with Gasteiger partial charge in [-0.1, -0.05) is 17.8 Å². The first-order valence-electron chi connectivity index (χ1n) is 8.87. The molecule has 0 saturated carbocycles. The number of anilines is 1. The molecule has 1 heterocycles. The fraction of sp³-hybridized carbons (Fsp3) is 0.500.